The Morgan fingerprint density at radius 1 is 1.23 bits per heavy atom. The Kier molecular flexibility index (Phi) is 4.56. The van der Waals surface area contributed by atoms with E-state index < -0.39 is 25.1 Å². The highest BCUT2D eigenvalue weighted by molar-refractivity contribution is 14.1. The molecule has 0 aliphatic rings. The molecule has 0 fully saturated rings. The molecule has 0 rings (SSSR count). The Morgan fingerprint density at radius 3 is 2.00 bits per heavy atom. The zero-order chi connectivity index (χ0) is 10.7. The number of aliphatic hydroxyl groups is 1. The van der Waals surface area contributed by atoms with Gasteiger partial charge in [-0.05, 0) is 22.6 Å². The van der Waals surface area contributed by atoms with E-state index in [1.165, 1.54) is 22.6 Å². The van der Waals surface area contributed by atoms with Gasteiger partial charge in [-0.15, -0.1) is 0 Å². The molecule has 0 bridgehead atoms. The second-order valence-electron chi connectivity index (χ2n) is 2.22. The van der Waals surface area contributed by atoms with E-state index in [1.807, 2.05) is 0 Å². The molecule has 0 aromatic rings. The van der Waals surface area contributed by atoms with Gasteiger partial charge >= 0.3 is 12.1 Å². The van der Waals surface area contributed by atoms with Crippen molar-refractivity contribution in [2.75, 3.05) is 6.61 Å². The second kappa shape index (κ2) is 4.54. The molecule has 1 nitrogen and oxygen atoms in total. The standard InChI is InChI=1S/C6H6F5IO/c7-5(8,6(9,10)11)2-1-4(12)3-13/h1,13H,2-3H2/b4-1-. The first kappa shape index (κ1) is 13.1. The Bertz CT molecular complexity index is 198. The third kappa shape index (κ3) is 4.21. The average Bonchev–Trinajstić information content (AvgIpc) is 1.98. The molecule has 0 radical (unpaired) electrons. The Morgan fingerprint density at radius 2 is 1.69 bits per heavy atom. The summed E-state index contributed by atoms with van der Waals surface area (Å²) in [4.78, 5) is 0. The van der Waals surface area contributed by atoms with E-state index in [0.717, 1.165) is 0 Å². The summed E-state index contributed by atoms with van der Waals surface area (Å²) >= 11 is 1.48. The molecule has 0 unspecified atom stereocenters. The van der Waals surface area contributed by atoms with Crippen LogP contribution in [0.3, 0.4) is 0 Å². The van der Waals surface area contributed by atoms with Crippen molar-refractivity contribution < 1.29 is 27.1 Å². The SMILES string of the molecule is OC/C(I)=C/CC(F)(F)C(F)(F)F. The van der Waals surface area contributed by atoms with Crippen LogP contribution in [0.25, 0.3) is 0 Å². The largest absolute Gasteiger partial charge is 0.453 e. The highest BCUT2D eigenvalue weighted by Gasteiger charge is 2.56. The zero-order valence-corrected chi connectivity index (χ0v) is 8.36. The minimum absolute atomic E-state index is 0.0570. The summed E-state index contributed by atoms with van der Waals surface area (Å²) in [5.74, 6) is -4.72. The van der Waals surface area contributed by atoms with Crippen LogP contribution in [0.4, 0.5) is 22.0 Å². The van der Waals surface area contributed by atoms with Crippen LogP contribution in [-0.2, 0) is 0 Å². The van der Waals surface area contributed by atoms with Gasteiger partial charge in [0.15, 0.2) is 0 Å². The molecule has 0 saturated carbocycles. The molecule has 0 aromatic carbocycles. The Labute approximate surface area is 84.8 Å². The van der Waals surface area contributed by atoms with Gasteiger partial charge < -0.3 is 5.11 Å². The van der Waals surface area contributed by atoms with Crippen LogP contribution in [0.1, 0.15) is 6.42 Å². The third-order valence-corrected chi connectivity index (χ3v) is 1.93. The van der Waals surface area contributed by atoms with Crippen molar-refractivity contribution in [3.63, 3.8) is 0 Å². The van der Waals surface area contributed by atoms with Crippen molar-refractivity contribution in [2.45, 2.75) is 18.5 Å². The van der Waals surface area contributed by atoms with E-state index in [-0.39, 0.29) is 3.58 Å². The summed E-state index contributed by atoms with van der Waals surface area (Å²) in [6.45, 7) is -0.533. The average molecular weight is 316 g/mol. The first-order valence-electron chi connectivity index (χ1n) is 3.10. The molecule has 0 aromatic heterocycles. The Balaban J connectivity index is 4.36. The first-order chi connectivity index (χ1) is 5.70. The van der Waals surface area contributed by atoms with Crippen molar-refractivity contribution in [3.05, 3.63) is 9.66 Å². The predicted octanol–water partition coefficient (Wildman–Crippen LogP) is 2.89. The van der Waals surface area contributed by atoms with E-state index in [9.17, 15) is 22.0 Å². The molecule has 0 saturated heterocycles. The number of aliphatic hydroxyl groups excluding tert-OH is 1. The normalized spacial score (nSPS) is 14.8. The van der Waals surface area contributed by atoms with Crippen molar-refractivity contribution >= 4 is 22.6 Å². The lowest BCUT2D eigenvalue weighted by molar-refractivity contribution is -0.280. The number of allylic oxidation sites excluding steroid dienone is 1. The smallest absolute Gasteiger partial charge is 0.391 e. The fourth-order valence-corrected chi connectivity index (χ4v) is 0.639. The van der Waals surface area contributed by atoms with Gasteiger partial charge in [-0.1, -0.05) is 6.08 Å². The third-order valence-electron chi connectivity index (χ3n) is 1.15. The van der Waals surface area contributed by atoms with Crippen LogP contribution in [-0.4, -0.2) is 23.8 Å². The molecule has 1 N–H and O–H groups in total. The minimum atomic E-state index is -5.53. The fourth-order valence-electron chi connectivity index (χ4n) is 0.419. The highest BCUT2D eigenvalue weighted by atomic mass is 127. The van der Waals surface area contributed by atoms with Crippen LogP contribution in [0.5, 0.6) is 0 Å². The van der Waals surface area contributed by atoms with Gasteiger partial charge in [-0.25, -0.2) is 0 Å². The fraction of sp³-hybridized carbons (Fsp3) is 0.667. The second-order valence-corrected chi connectivity index (χ2v) is 3.60. The number of hydrogen-bond donors (Lipinski definition) is 1. The van der Waals surface area contributed by atoms with Gasteiger partial charge in [0.05, 0.1) is 6.61 Å². The van der Waals surface area contributed by atoms with E-state index in [1.54, 1.807) is 0 Å². The number of alkyl halides is 5. The maximum Gasteiger partial charge on any atom is 0.453 e. The maximum atomic E-state index is 12.2. The summed E-state index contributed by atoms with van der Waals surface area (Å²) in [6.07, 6.45) is -6.31. The molecule has 0 amide bonds. The van der Waals surface area contributed by atoms with E-state index in [2.05, 4.69) is 0 Å². The van der Waals surface area contributed by atoms with Gasteiger partial charge in [0, 0.05) is 10.0 Å². The quantitative estimate of drug-likeness (QED) is 0.627. The van der Waals surface area contributed by atoms with E-state index >= 15 is 0 Å². The minimum Gasteiger partial charge on any atom is -0.391 e. The van der Waals surface area contributed by atoms with E-state index in [4.69, 9.17) is 5.11 Å². The number of halogens is 6. The molecular weight excluding hydrogens is 310 g/mol. The van der Waals surface area contributed by atoms with E-state index in [0.29, 0.717) is 6.08 Å². The van der Waals surface area contributed by atoms with Gasteiger partial charge in [-0.3, -0.25) is 0 Å². The molecular formula is C6H6F5IO. The number of hydrogen-bond acceptors (Lipinski definition) is 1. The molecule has 0 aliphatic carbocycles. The van der Waals surface area contributed by atoms with Crippen LogP contribution >= 0.6 is 22.6 Å². The highest BCUT2D eigenvalue weighted by Crippen LogP contribution is 2.38. The predicted molar refractivity (Wildman–Crippen MR) is 44.8 cm³/mol. The summed E-state index contributed by atoms with van der Waals surface area (Å²) < 4.78 is 59.0. The lowest BCUT2D eigenvalue weighted by Gasteiger charge is -2.17. The summed E-state index contributed by atoms with van der Waals surface area (Å²) in [5, 5.41) is 8.33. The zero-order valence-electron chi connectivity index (χ0n) is 6.21. The van der Waals surface area contributed by atoms with Crippen LogP contribution < -0.4 is 0 Å². The van der Waals surface area contributed by atoms with Crippen molar-refractivity contribution in [3.8, 4) is 0 Å². The molecule has 0 atom stereocenters. The number of rotatable bonds is 3. The molecule has 0 spiro atoms. The van der Waals surface area contributed by atoms with Crippen LogP contribution in [0, 0.1) is 0 Å². The Hall–Kier alpha value is 0.0800. The topological polar surface area (TPSA) is 20.2 Å². The molecule has 0 aliphatic heterocycles. The van der Waals surface area contributed by atoms with Crippen molar-refractivity contribution in [1.29, 1.82) is 0 Å². The molecule has 13 heavy (non-hydrogen) atoms. The first-order valence-corrected chi connectivity index (χ1v) is 4.18. The molecule has 7 heteroatoms. The lowest BCUT2D eigenvalue weighted by Crippen LogP contribution is -2.35. The van der Waals surface area contributed by atoms with Crippen molar-refractivity contribution in [1.82, 2.24) is 0 Å². The van der Waals surface area contributed by atoms with Gasteiger partial charge in [0.25, 0.3) is 0 Å². The molecule has 78 valence electrons. The summed E-state index contributed by atoms with van der Waals surface area (Å²) in [7, 11) is 0. The summed E-state index contributed by atoms with van der Waals surface area (Å²) in [6, 6.07) is 0. The van der Waals surface area contributed by atoms with Crippen LogP contribution in [0.15, 0.2) is 9.66 Å². The van der Waals surface area contributed by atoms with Crippen molar-refractivity contribution in [2.24, 2.45) is 0 Å². The monoisotopic (exact) mass is 316 g/mol. The van der Waals surface area contributed by atoms with Crippen LogP contribution in [0.2, 0.25) is 0 Å². The van der Waals surface area contributed by atoms with Gasteiger partial charge in [-0.2, -0.15) is 22.0 Å². The lowest BCUT2D eigenvalue weighted by atomic mass is 10.2. The molecule has 0 heterocycles. The van der Waals surface area contributed by atoms with Gasteiger partial charge in [0.1, 0.15) is 0 Å². The maximum absolute atomic E-state index is 12.2. The van der Waals surface area contributed by atoms with Gasteiger partial charge in [0.2, 0.25) is 0 Å². The summed E-state index contributed by atoms with van der Waals surface area (Å²) in [5.41, 5.74) is 0.